The van der Waals surface area contributed by atoms with Gasteiger partial charge in [-0.25, -0.2) is 0 Å². The molecule has 0 amide bonds. The number of methoxy groups -OCH3 is 2. The normalized spacial score (nSPS) is 10.5. The molecular weight excluding hydrogens is 311 g/mol. The number of thiophene rings is 1. The fraction of sp³-hybridized carbons (Fsp3) is 0.200. The maximum absolute atomic E-state index is 5.21. The molecule has 0 unspecified atom stereocenters. The monoisotopic (exact) mass is 320 g/mol. The van der Waals surface area contributed by atoms with E-state index in [0.717, 1.165) is 10.8 Å². The number of fused-ring (bicyclic) bond motifs is 1. The molecule has 2 nitrogen and oxygen atoms in total. The lowest BCUT2D eigenvalue weighted by atomic mass is 10.2. The second-order valence-electron chi connectivity index (χ2n) is 2.80. The van der Waals surface area contributed by atoms with Crippen LogP contribution in [0, 0.1) is 3.57 Å². The Bertz CT molecular complexity index is 464. The summed E-state index contributed by atoms with van der Waals surface area (Å²) in [4.78, 5) is 0. The number of benzene rings is 1. The second kappa shape index (κ2) is 3.94. The zero-order valence-electron chi connectivity index (χ0n) is 7.83. The molecule has 0 bridgehead atoms. The van der Waals surface area contributed by atoms with Gasteiger partial charge in [0, 0.05) is 8.96 Å². The van der Waals surface area contributed by atoms with Crippen LogP contribution in [0.15, 0.2) is 18.2 Å². The number of hydrogen-bond acceptors (Lipinski definition) is 3. The average Bonchev–Trinajstić information content (AvgIpc) is 2.61. The number of hydrogen-bond donors (Lipinski definition) is 0. The van der Waals surface area contributed by atoms with E-state index in [2.05, 4.69) is 22.6 Å². The third kappa shape index (κ3) is 1.68. The summed E-state index contributed by atoms with van der Waals surface area (Å²) in [5, 5.41) is 2.11. The lowest BCUT2D eigenvalue weighted by molar-refractivity contribution is 0.415. The van der Waals surface area contributed by atoms with E-state index in [4.69, 9.17) is 9.47 Å². The van der Waals surface area contributed by atoms with Gasteiger partial charge in [0.05, 0.1) is 18.9 Å². The van der Waals surface area contributed by atoms with Crippen LogP contribution in [0.5, 0.6) is 10.8 Å². The van der Waals surface area contributed by atoms with E-state index in [0.29, 0.717) is 0 Å². The summed E-state index contributed by atoms with van der Waals surface area (Å²) in [7, 11) is 3.37. The average molecular weight is 320 g/mol. The van der Waals surface area contributed by atoms with Crippen LogP contribution in [0.3, 0.4) is 0 Å². The zero-order chi connectivity index (χ0) is 10.1. The molecule has 2 rings (SSSR count). The highest BCUT2D eigenvalue weighted by Gasteiger charge is 2.07. The molecule has 2 aromatic rings. The van der Waals surface area contributed by atoms with Crippen molar-refractivity contribution in [2.75, 3.05) is 14.2 Å². The topological polar surface area (TPSA) is 18.5 Å². The van der Waals surface area contributed by atoms with Crippen LogP contribution in [-0.4, -0.2) is 14.2 Å². The highest BCUT2D eigenvalue weighted by atomic mass is 127. The first-order chi connectivity index (χ1) is 6.74. The van der Waals surface area contributed by atoms with Crippen LogP contribution in [0.2, 0.25) is 0 Å². The van der Waals surface area contributed by atoms with Crippen molar-refractivity contribution in [1.82, 2.24) is 0 Å². The Balaban J connectivity index is 2.67. The Kier molecular flexibility index (Phi) is 2.83. The largest absolute Gasteiger partial charge is 0.497 e. The van der Waals surface area contributed by atoms with Gasteiger partial charge in [-0.3, -0.25) is 0 Å². The molecule has 0 N–H and O–H groups in total. The van der Waals surface area contributed by atoms with Crippen LogP contribution in [0.1, 0.15) is 0 Å². The third-order valence-electron chi connectivity index (χ3n) is 1.96. The summed E-state index contributed by atoms with van der Waals surface area (Å²) in [6.45, 7) is 0. The van der Waals surface area contributed by atoms with Gasteiger partial charge in [-0.2, -0.15) is 0 Å². The molecule has 0 fully saturated rings. The maximum Gasteiger partial charge on any atom is 0.174 e. The molecule has 0 aliphatic heterocycles. The predicted octanol–water partition coefficient (Wildman–Crippen LogP) is 3.52. The van der Waals surface area contributed by atoms with Crippen molar-refractivity contribution in [2.24, 2.45) is 0 Å². The van der Waals surface area contributed by atoms with Gasteiger partial charge in [0.25, 0.3) is 0 Å². The second-order valence-corrected chi connectivity index (χ2v) is 4.97. The minimum Gasteiger partial charge on any atom is -0.497 e. The van der Waals surface area contributed by atoms with Crippen molar-refractivity contribution in [1.29, 1.82) is 0 Å². The first-order valence-corrected chi connectivity index (χ1v) is 5.95. The molecule has 0 aliphatic carbocycles. The summed E-state index contributed by atoms with van der Waals surface area (Å²) in [6.07, 6.45) is 0. The Hall–Kier alpha value is -0.490. The number of halogens is 1. The standard InChI is InChI=1S/C10H9IO2S/c1-12-7-3-6-4-9(13-2)14-10(6)8(11)5-7/h3-5H,1-2H3. The summed E-state index contributed by atoms with van der Waals surface area (Å²) in [5.74, 6) is 0.891. The van der Waals surface area contributed by atoms with Crippen molar-refractivity contribution in [2.45, 2.75) is 0 Å². The Morgan fingerprint density at radius 3 is 2.57 bits per heavy atom. The molecule has 0 atom stereocenters. The Morgan fingerprint density at radius 2 is 1.93 bits per heavy atom. The molecule has 0 radical (unpaired) electrons. The number of rotatable bonds is 2. The van der Waals surface area contributed by atoms with Crippen LogP contribution in [-0.2, 0) is 0 Å². The molecule has 0 saturated heterocycles. The van der Waals surface area contributed by atoms with Crippen molar-refractivity contribution >= 4 is 44.0 Å². The fourth-order valence-electron chi connectivity index (χ4n) is 1.28. The van der Waals surface area contributed by atoms with Gasteiger partial charge in [-0.1, -0.05) is 11.3 Å². The predicted molar refractivity (Wildman–Crippen MR) is 67.6 cm³/mol. The smallest absolute Gasteiger partial charge is 0.174 e. The molecule has 0 spiro atoms. The molecular formula is C10H9IO2S. The summed E-state index contributed by atoms with van der Waals surface area (Å²) >= 11 is 3.97. The van der Waals surface area contributed by atoms with Gasteiger partial charge in [0.15, 0.2) is 5.06 Å². The van der Waals surface area contributed by atoms with Gasteiger partial charge in [0.1, 0.15) is 5.75 Å². The number of ether oxygens (including phenoxy) is 2. The van der Waals surface area contributed by atoms with E-state index < -0.39 is 0 Å². The van der Waals surface area contributed by atoms with E-state index in [1.165, 1.54) is 13.7 Å². The maximum atomic E-state index is 5.21. The van der Waals surface area contributed by atoms with E-state index in [-0.39, 0.29) is 0 Å². The van der Waals surface area contributed by atoms with Crippen molar-refractivity contribution in [3.8, 4) is 10.8 Å². The van der Waals surface area contributed by atoms with E-state index in [1.54, 1.807) is 25.6 Å². The molecule has 0 aliphatic rings. The van der Waals surface area contributed by atoms with Gasteiger partial charge >= 0.3 is 0 Å². The van der Waals surface area contributed by atoms with Crippen molar-refractivity contribution in [3.05, 3.63) is 21.8 Å². The first-order valence-electron chi connectivity index (χ1n) is 4.05. The van der Waals surface area contributed by atoms with E-state index in [9.17, 15) is 0 Å². The molecule has 1 heterocycles. The lowest BCUT2D eigenvalue weighted by Crippen LogP contribution is -1.82. The highest BCUT2D eigenvalue weighted by Crippen LogP contribution is 2.36. The van der Waals surface area contributed by atoms with Crippen LogP contribution in [0.25, 0.3) is 10.1 Å². The fourth-order valence-corrected chi connectivity index (χ4v) is 3.09. The molecule has 1 aromatic carbocycles. The third-order valence-corrected chi connectivity index (χ3v) is 4.32. The Morgan fingerprint density at radius 1 is 1.14 bits per heavy atom. The lowest BCUT2D eigenvalue weighted by Gasteiger charge is -2.00. The summed E-state index contributed by atoms with van der Waals surface area (Å²) < 4.78 is 12.9. The Labute approximate surface area is 100.0 Å². The minimum absolute atomic E-state index is 0.891. The molecule has 4 heteroatoms. The highest BCUT2D eigenvalue weighted by molar-refractivity contribution is 14.1. The zero-order valence-corrected chi connectivity index (χ0v) is 10.8. The first kappa shape index (κ1) is 10.0. The quantitative estimate of drug-likeness (QED) is 0.788. The van der Waals surface area contributed by atoms with Crippen LogP contribution in [0.4, 0.5) is 0 Å². The van der Waals surface area contributed by atoms with Crippen molar-refractivity contribution in [3.63, 3.8) is 0 Å². The van der Waals surface area contributed by atoms with Gasteiger partial charge < -0.3 is 9.47 Å². The van der Waals surface area contributed by atoms with Crippen molar-refractivity contribution < 1.29 is 9.47 Å². The molecule has 14 heavy (non-hydrogen) atoms. The summed E-state index contributed by atoms with van der Waals surface area (Å²) in [6, 6.07) is 6.08. The molecule has 1 aromatic heterocycles. The van der Waals surface area contributed by atoms with Crippen LogP contribution >= 0.6 is 33.9 Å². The molecule has 74 valence electrons. The van der Waals surface area contributed by atoms with E-state index in [1.807, 2.05) is 18.2 Å². The molecule has 0 saturated carbocycles. The SMILES string of the molecule is COc1cc(I)c2sc(OC)cc2c1. The van der Waals surface area contributed by atoms with Gasteiger partial charge in [-0.05, 0) is 40.8 Å². The summed E-state index contributed by atoms with van der Waals surface area (Å²) in [5.41, 5.74) is 0. The van der Waals surface area contributed by atoms with Crippen LogP contribution < -0.4 is 9.47 Å². The van der Waals surface area contributed by atoms with Gasteiger partial charge in [-0.15, -0.1) is 0 Å². The minimum atomic E-state index is 0.891. The van der Waals surface area contributed by atoms with E-state index >= 15 is 0 Å². The van der Waals surface area contributed by atoms with Gasteiger partial charge in [0.2, 0.25) is 0 Å².